The Morgan fingerprint density at radius 1 is 0.947 bits per heavy atom. The van der Waals surface area contributed by atoms with Gasteiger partial charge >= 0.3 is 0 Å². The third-order valence-corrected chi connectivity index (χ3v) is 4.29. The van der Waals surface area contributed by atoms with E-state index in [-0.39, 0.29) is 4.95 Å². The van der Waals surface area contributed by atoms with Gasteiger partial charge in [0.25, 0.3) is 0 Å². The van der Waals surface area contributed by atoms with Gasteiger partial charge in [0.15, 0.2) is 0 Å². The van der Waals surface area contributed by atoms with E-state index in [0.717, 1.165) is 16.9 Å². The normalized spacial score (nSPS) is 19.1. The van der Waals surface area contributed by atoms with E-state index in [1.54, 1.807) is 4.53 Å². The number of halogens is 2. The first-order valence-corrected chi connectivity index (χ1v) is 7.24. The molecule has 2 nitrogen and oxygen atoms in total. The summed E-state index contributed by atoms with van der Waals surface area (Å²) in [6.45, 7) is 0. The van der Waals surface area contributed by atoms with E-state index < -0.39 is 0 Å². The Balaban J connectivity index is 2.16. The van der Waals surface area contributed by atoms with E-state index in [2.05, 4.69) is 34.1 Å². The van der Waals surface area contributed by atoms with Crippen LogP contribution in [0.5, 0.6) is 0 Å². The molecule has 1 atom stereocenters. The Labute approximate surface area is 126 Å². The summed E-state index contributed by atoms with van der Waals surface area (Å²) >= 11 is 10.0. The fourth-order valence-corrected chi connectivity index (χ4v) is 2.68. The summed E-state index contributed by atoms with van der Waals surface area (Å²) in [6, 6.07) is 18.3. The van der Waals surface area contributed by atoms with Crippen LogP contribution in [-0.4, -0.2) is 9.48 Å². The van der Waals surface area contributed by atoms with Crippen LogP contribution in [0.1, 0.15) is 5.56 Å². The van der Waals surface area contributed by atoms with E-state index in [0.29, 0.717) is 0 Å². The molecule has 0 radical (unpaired) electrons. The molecule has 1 heterocycles. The molecular formula is C15H12BrClN2. The van der Waals surface area contributed by atoms with Crippen molar-refractivity contribution in [3.05, 3.63) is 66.2 Å². The molecule has 3 rings (SSSR count). The lowest BCUT2D eigenvalue weighted by Gasteiger charge is -2.32. The lowest BCUT2D eigenvalue weighted by atomic mass is 10.1. The van der Waals surface area contributed by atoms with Crippen molar-refractivity contribution in [2.75, 3.05) is 5.01 Å². The van der Waals surface area contributed by atoms with E-state index in [4.69, 9.17) is 11.8 Å². The summed E-state index contributed by atoms with van der Waals surface area (Å²) in [4.78, 5) is -0.0678. The van der Waals surface area contributed by atoms with E-state index in [1.807, 2.05) is 53.5 Å². The minimum Gasteiger partial charge on any atom is -0.258 e. The van der Waals surface area contributed by atoms with Gasteiger partial charge in [-0.3, -0.25) is 5.01 Å². The maximum atomic E-state index is 6.46. The summed E-state index contributed by atoms with van der Waals surface area (Å²) in [6.07, 6.45) is 4.10. The van der Waals surface area contributed by atoms with Crippen LogP contribution < -0.4 is 5.01 Å². The summed E-state index contributed by atoms with van der Waals surface area (Å²) < 4.78 is 1.65. The number of nitrogens with zero attached hydrogens (tertiary/aromatic N) is 2. The van der Waals surface area contributed by atoms with Crippen molar-refractivity contribution in [3.63, 3.8) is 0 Å². The third kappa shape index (κ3) is 2.41. The van der Waals surface area contributed by atoms with Crippen molar-refractivity contribution >= 4 is 45.2 Å². The Morgan fingerprint density at radius 3 is 2.42 bits per heavy atom. The molecule has 0 aromatic heterocycles. The molecule has 2 aromatic rings. The minimum absolute atomic E-state index is 0.0678. The second-order valence-corrected chi connectivity index (χ2v) is 5.51. The van der Waals surface area contributed by atoms with E-state index >= 15 is 0 Å². The highest BCUT2D eigenvalue weighted by Gasteiger charge is 2.25. The van der Waals surface area contributed by atoms with Crippen LogP contribution in [0.3, 0.4) is 0 Å². The summed E-state index contributed by atoms with van der Waals surface area (Å²) in [5, 5.41) is 2.00. The smallest absolute Gasteiger partial charge is 0.120 e. The maximum Gasteiger partial charge on any atom is 0.120 e. The van der Waals surface area contributed by atoms with Gasteiger partial charge in [0, 0.05) is 11.8 Å². The first-order chi connectivity index (χ1) is 9.27. The number of benzene rings is 2. The highest BCUT2D eigenvalue weighted by Crippen LogP contribution is 2.36. The van der Waals surface area contributed by atoms with E-state index in [9.17, 15) is 0 Å². The van der Waals surface area contributed by atoms with Crippen LogP contribution >= 0.6 is 27.7 Å². The molecule has 1 aliphatic heterocycles. The number of alkyl halides is 1. The molecule has 0 aliphatic carbocycles. The van der Waals surface area contributed by atoms with Crippen molar-refractivity contribution in [2.45, 2.75) is 4.95 Å². The second-order valence-electron chi connectivity index (χ2n) is 4.23. The monoisotopic (exact) mass is 334 g/mol. The zero-order chi connectivity index (χ0) is 13.2. The fraction of sp³-hybridized carbons (Fsp3) is 0.0667. The predicted molar refractivity (Wildman–Crippen MR) is 84.5 cm³/mol. The largest absolute Gasteiger partial charge is 0.258 e. The first kappa shape index (κ1) is 12.7. The number of rotatable bonds is 1. The Kier molecular flexibility index (Phi) is 3.60. The van der Waals surface area contributed by atoms with Gasteiger partial charge in [0.05, 0.1) is 11.4 Å². The first-order valence-electron chi connectivity index (χ1n) is 5.99. The van der Waals surface area contributed by atoms with Crippen molar-refractivity contribution in [1.29, 1.82) is 0 Å². The van der Waals surface area contributed by atoms with Gasteiger partial charge < -0.3 is 0 Å². The average molecular weight is 336 g/mol. The quantitative estimate of drug-likeness (QED) is 0.413. The molecule has 0 bridgehead atoms. The topological polar surface area (TPSA) is 6.48 Å². The summed E-state index contributed by atoms with van der Waals surface area (Å²) in [7, 11) is 0. The molecule has 0 amide bonds. The SMILES string of the molecule is ClN1C(Br)C=Cc2ccccc2N1c1ccccc1. The number of hydrazine groups is 1. The van der Waals surface area contributed by atoms with Gasteiger partial charge in [0.2, 0.25) is 0 Å². The highest BCUT2D eigenvalue weighted by atomic mass is 79.9. The Bertz CT molecular complexity index is 600. The molecule has 19 heavy (non-hydrogen) atoms. The molecule has 0 fully saturated rings. The fourth-order valence-electron chi connectivity index (χ4n) is 2.11. The molecule has 4 heteroatoms. The standard InChI is InChI=1S/C15H12BrClN2/c16-15-11-10-12-6-4-5-9-14(12)18(19(15)17)13-7-2-1-3-8-13/h1-11,15H. The highest BCUT2D eigenvalue weighted by molar-refractivity contribution is 9.09. The second kappa shape index (κ2) is 5.37. The molecule has 1 unspecified atom stereocenters. The molecule has 0 saturated carbocycles. The van der Waals surface area contributed by atoms with Crippen LogP contribution in [0.15, 0.2) is 60.7 Å². The lowest BCUT2D eigenvalue weighted by molar-refractivity contribution is 0.494. The van der Waals surface area contributed by atoms with Crippen molar-refractivity contribution < 1.29 is 0 Å². The molecule has 96 valence electrons. The minimum atomic E-state index is -0.0678. The molecule has 0 saturated heterocycles. The van der Waals surface area contributed by atoms with Gasteiger partial charge in [0.1, 0.15) is 4.95 Å². The molecular weight excluding hydrogens is 324 g/mol. The number of fused-ring (bicyclic) bond motifs is 1. The molecule has 2 aromatic carbocycles. The number of anilines is 2. The molecule has 0 N–H and O–H groups in total. The van der Waals surface area contributed by atoms with Gasteiger partial charge in [-0.1, -0.05) is 64.5 Å². The van der Waals surface area contributed by atoms with Crippen LogP contribution in [0.4, 0.5) is 11.4 Å². The van der Waals surface area contributed by atoms with Gasteiger partial charge in [-0.2, -0.15) is 0 Å². The molecule has 0 spiro atoms. The van der Waals surface area contributed by atoms with Crippen LogP contribution in [0.2, 0.25) is 0 Å². The van der Waals surface area contributed by atoms with Crippen LogP contribution in [-0.2, 0) is 0 Å². The number of para-hydroxylation sites is 2. The van der Waals surface area contributed by atoms with E-state index in [1.165, 1.54) is 0 Å². The average Bonchev–Trinajstić information content (AvgIpc) is 2.58. The zero-order valence-corrected chi connectivity index (χ0v) is 12.4. The number of hydrogen-bond acceptors (Lipinski definition) is 2. The van der Waals surface area contributed by atoms with Crippen LogP contribution in [0, 0.1) is 0 Å². The Hall–Kier alpha value is -1.29. The zero-order valence-electron chi connectivity index (χ0n) is 10.1. The predicted octanol–water partition coefficient (Wildman–Crippen LogP) is 4.94. The van der Waals surface area contributed by atoms with Crippen molar-refractivity contribution in [3.8, 4) is 0 Å². The Morgan fingerprint density at radius 2 is 1.63 bits per heavy atom. The third-order valence-electron chi connectivity index (χ3n) is 2.99. The summed E-state index contributed by atoms with van der Waals surface area (Å²) in [5.41, 5.74) is 3.22. The van der Waals surface area contributed by atoms with Crippen molar-refractivity contribution in [1.82, 2.24) is 4.53 Å². The van der Waals surface area contributed by atoms with Crippen LogP contribution in [0.25, 0.3) is 6.08 Å². The molecule has 1 aliphatic rings. The maximum absolute atomic E-state index is 6.46. The lowest BCUT2D eigenvalue weighted by Crippen LogP contribution is -2.35. The van der Waals surface area contributed by atoms with Crippen molar-refractivity contribution in [2.24, 2.45) is 0 Å². The summed E-state index contributed by atoms with van der Waals surface area (Å²) in [5.74, 6) is 0. The van der Waals surface area contributed by atoms with Gasteiger partial charge in [-0.05, 0) is 23.8 Å². The van der Waals surface area contributed by atoms with Gasteiger partial charge in [-0.15, -0.1) is 4.53 Å². The number of hydrogen-bond donors (Lipinski definition) is 0. The van der Waals surface area contributed by atoms with Gasteiger partial charge in [-0.25, -0.2) is 0 Å².